The maximum Gasteiger partial charge on any atom is 0.135 e. The van der Waals surface area contributed by atoms with Gasteiger partial charge in [-0.25, -0.2) is 0 Å². The lowest BCUT2D eigenvalue weighted by Crippen LogP contribution is -2.26. The van der Waals surface area contributed by atoms with Crippen molar-refractivity contribution in [1.29, 1.82) is 0 Å². The summed E-state index contributed by atoms with van der Waals surface area (Å²) in [7, 11) is 0. The number of nitrogens with zero attached hydrogens (tertiary/aromatic N) is 1. The fourth-order valence-electron chi connectivity index (χ4n) is 12.4. The highest BCUT2D eigenvalue weighted by molar-refractivity contribution is 6.28. The molecule has 15 rings (SSSR count). The molecule has 12 aromatic carbocycles. The summed E-state index contributed by atoms with van der Waals surface area (Å²) in [4.78, 5) is 2.44. The van der Waals surface area contributed by atoms with Gasteiger partial charge < -0.3 is 9.32 Å². The Bertz CT molecular complexity index is 4140. The van der Waals surface area contributed by atoms with E-state index in [4.69, 9.17) is 4.42 Å². The zero-order chi connectivity index (χ0) is 45.2. The molecular weight excluding hydrogens is 835 g/mol. The highest BCUT2D eigenvalue weighted by Crippen LogP contribution is 2.63. The van der Waals surface area contributed by atoms with Crippen molar-refractivity contribution in [3.05, 3.63) is 271 Å². The normalized spacial score (nSPS) is 13.0. The summed E-state index contributed by atoms with van der Waals surface area (Å²) < 4.78 is 6.20. The van der Waals surface area contributed by atoms with Crippen LogP contribution in [0.3, 0.4) is 0 Å². The molecule has 2 heteroatoms. The fraction of sp³-hybridized carbons (Fsp3) is 0.0149. The van der Waals surface area contributed by atoms with Crippen molar-refractivity contribution >= 4 is 71.3 Å². The largest absolute Gasteiger partial charge is 0.456 e. The Morgan fingerprint density at radius 2 is 0.696 bits per heavy atom. The van der Waals surface area contributed by atoms with Gasteiger partial charge in [0.25, 0.3) is 0 Å². The molecule has 0 bridgehead atoms. The number of rotatable bonds is 5. The van der Waals surface area contributed by atoms with Crippen LogP contribution in [0, 0.1) is 0 Å². The predicted molar refractivity (Wildman–Crippen MR) is 288 cm³/mol. The highest BCUT2D eigenvalue weighted by atomic mass is 16.3. The first kappa shape index (κ1) is 38.2. The summed E-state index contributed by atoms with van der Waals surface area (Å²) in [5.41, 5.74) is 19.9. The van der Waals surface area contributed by atoms with Crippen molar-refractivity contribution in [2.75, 3.05) is 4.90 Å². The van der Waals surface area contributed by atoms with E-state index in [-0.39, 0.29) is 0 Å². The van der Waals surface area contributed by atoms with E-state index in [0.717, 1.165) is 50.1 Å². The van der Waals surface area contributed by atoms with Gasteiger partial charge in [-0.1, -0.05) is 194 Å². The molecule has 0 unspecified atom stereocenters. The minimum atomic E-state index is -0.453. The summed E-state index contributed by atoms with van der Waals surface area (Å²) in [5, 5.41) is 9.94. The van der Waals surface area contributed by atoms with Gasteiger partial charge in [0.05, 0.1) is 5.41 Å². The average Bonchev–Trinajstić information content (AvgIpc) is 4.05. The molecule has 0 aliphatic heterocycles. The Kier molecular flexibility index (Phi) is 8.02. The Morgan fingerprint density at radius 1 is 0.261 bits per heavy atom. The topological polar surface area (TPSA) is 16.4 Å². The van der Waals surface area contributed by atoms with E-state index in [1.165, 1.54) is 88.0 Å². The van der Waals surface area contributed by atoms with Crippen LogP contribution in [0.4, 0.5) is 17.1 Å². The molecule has 1 aromatic heterocycles. The summed E-state index contributed by atoms with van der Waals surface area (Å²) in [5.74, 6) is 0. The third kappa shape index (κ3) is 5.37. The van der Waals surface area contributed by atoms with Crippen molar-refractivity contribution in [3.8, 4) is 44.5 Å². The van der Waals surface area contributed by atoms with Gasteiger partial charge in [0.15, 0.2) is 0 Å². The van der Waals surface area contributed by atoms with Crippen LogP contribution in [0.5, 0.6) is 0 Å². The molecule has 1 spiro atoms. The molecular formula is C67H41NO. The minimum Gasteiger partial charge on any atom is -0.456 e. The van der Waals surface area contributed by atoms with E-state index >= 15 is 0 Å². The van der Waals surface area contributed by atoms with Gasteiger partial charge in [-0.15, -0.1) is 0 Å². The van der Waals surface area contributed by atoms with Gasteiger partial charge in [0.1, 0.15) is 11.2 Å². The quantitative estimate of drug-likeness (QED) is 0.160. The number of hydrogen-bond acceptors (Lipinski definition) is 2. The third-order valence-electron chi connectivity index (χ3n) is 15.3. The number of anilines is 3. The molecule has 0 fully saturated rings. The summed E-state index contributed by atoms with van der Waals surface area (Å²) >= 11 is 0. The van der Waals surface area contributed by atoms with Crippen LogP contribution in [0.25, 0.3) is 98.8 Å². The second-order valence-corrected chi connectivity index (χ2v) is 18.7. The van der Waals surface area contributed by atoms with E-state index in [1.807, 2.05) is 12.1 Å². The van der Waals surface area contributed by atoms with Crippen molar-refractivity contribution < 1.29 is 4.42 Å². The van der Waals surface area contributed by atoms with E-state index in [1.54, 1.807) is 0 Å². The molecule has 0 radical (unpaired) electrons. The molecule has 0 saturated heterocycles. The van der Waals surface area contributed by atoms with Gasteiger partial charge in [0.2, 0.25) is 0 Å². The molecule has 69 heavy (non-hydrogen) atoms. The first-order chi connectivity index (χ1) is 34.2. The lowest BCUT2D eigenvalue weighted by Gasteiger charge is -2.32. The first-order valence-corrected chi connectivity index (χ1v) is 23.9. The highest BCUT2D eigenvalue weighted by Gasteiger charge is 2.51. The number of hydrogen-bond donors (Lipinski definition) is 0. The Hall–Kier alpha value is -8.98. The number of para-hydroxylation sites is 1. The van der Waals surface area contributed by atoms with Gasteiger partial charge in [0, 0.05) is 27.8 Å². The number of fused-ring (bicyclic) bond motifs is 19. The number of benzene rings is 12. The lowest BCUT2D eigenvalue weighted by atomic mass is 9.70. The molecule has 2 aliphatic rings. The Balaban J connectivity index is 0.916. The second kappa shape index (κ2) is 14.5. The molecule has 1 heterocycles. The van der Waals surface area contributed by atoms with Gasteiger partial charge in [-0.2, -0.15) is 0 Å². The molecule has 0 saturated carbocycles. The van der Waals surface area contributed by atoms with Gasteiger partial charge in [-0.3, -0.25) is 0 Å². The van der Waals surface area contributed by atoms with Gasteiger partial charge >= 0.3 is 0 Å². The van der Waals surface area contributed by atoms with Crippen molar-refractivity contribution in [2.45, 2.75) is 5.41 Å². The number of furan rings is 1. The molecule has 320 valence electrons. The standard InChI is InChI=1S/C67H41NO/c1-2-15-51-49(14-1)50-16-3-4-21-57(50)66-48(22-13-23-58(51)66)43-30-35-46(36-31-43)68(45-33-28-42(29-34-45)44-32-39-65-59(40-44)56-20-8-12-27-64(56)69-65)47-37-38-55-54-19-7-11-26-62(54)67(63(55)41-47)60-24-9-5-17-52(60)53-18-6-10-25-61(53)67/h1-41H. The van der Waals surface area contributed by atoms with Crippen LogP contribution >= 0.6 is 0 Å². The van der Waals surface area contributed by atoms with Crippen LogP contribution < -0.4 is 4.90 Å². The molecule has 2 nitrogen and oxygen atoms in total. The van der Waals surface area contributed by atoms with Crippen LogP contribution in [0.15, 0.2) is 253 Å². The monoisotopic (exact) mass is 875 g/mol. The van der Waals surface area contributed by atoms with Crippen LogP contribution in [-0.2, 0) is 5.41 Å². The SMILES string of the molecule is c1ccc2c(c1)-c1ccccc1C21c2ccccc2-c2ccc(N(c3ccc(-c4ccc5oc6ccccc6c5c4)cc3)c3ccc(-c4cccc5c6ccccc6c6ccccc6c45)cc3)cc21. The van der Waals surface area contributed by atoms with E-state index in [2.05, 4.69) is 241 Å². The zero-order valence-corrected chi connectivity index (χ0v) is 37.5. The molecule has 0 atom stereocenters. The summed E-state index contributed by atoms with van der Waals surface area (Å²) in [6, 6.07) is 91.9. The van der Waals surface area contributed by atoms with Crippen molar-refractivity contribution in [3.63, 3.8) is 0 Å². The minimum absolute atomic E-state index is 0.453. The van der Waals surface area contributed by atoms with Crippen molar-refractivity contribution in [2.24, 2.45) is 0 Å². The lowest BCUT2D eigenvalue weighted by molar-refractivity contribution is 0.669. The maximum atomic E-state index is 6.20. The Morgan fingerprint density at radius 3 is 1.32 bits per heavy atom. The Labute approximate surface area is 399 Å². The van der Waals surface area contributed by atoms with Crippen molar-refractivity contribution in [1.82, 2.24) is 0 Å². The molecule has 2 aliphatic carbocycles. The molecule has 13 aromatic rings. The second-order valence-electron chi connectivity index (χ2n) is 18.7. The average molecular weight is 876 g/mol. The molecule has 0 N–H and O–H groups in total. The summed E-state index contributed by atoms with van der Waals surface area (Å²) in [6.07, 6.45) is 0. The summed E-state index contributed by atoms with van der Waals surface area (Å²) in [6.45, 7) is 0. The zero-order valence-electron chi connectivity index (χ0n) is 37.5. The van der Waals surface area contributed by atoms with Crippen LogP contribution in [-0.4, -0.2) is 0 Å². The first-order valence-electron chi connectivity index (χ1n) is 23.9. The van der Waals surface area contributed by atoms with Crippen LogP contribution in [0.1, 0.15) is 22.3 Å². The third-order valence-corrected chi connectivity index (χ3v) is 15.3. The van der Waals surface area contributed by atoms with Crippen LogP contribution in [0.2, 0.25) is 0 Å². The molecule has 0 amide bonds. The van der Waals surface area contributed by atoms with E-state index in [9.17, 15) is 0 Å². The maximum absolute atomic E-state index is 6.20. The fourth-order valence-corrected chi connectivity index (χ4v) is 12.4. The van der Waals surface area contributed by atoms with Gasteiger partial charge in [-0.05, 0) is 154 Å². The smallest absolute Gasteiger partial charge is 0.135 e. The van der Waals surface area contributed by atoms with E-state index < -0.39 is 5.41 Å². The predicted octanol–water partition coefficient (Wildman–Crippen LogP) is 18.2. The van der Waals surface area contributed by atoms with E-state index in [0.29, 0.717) is 0 Å².